The predicted octanol–water partition coefficient (Wildman–Crippen LogP) is 1.87. The molecule has 0 aromatic heterocycles. The number of carboxylic acid groups (broad SMARTS) is 1. The molecule has 0 atom stereocenters. The Bertz CT molecular complexity index is 496. The number of halogens is 1. The monoisotopic (exact) mass is 268 g/mol. The van der Waals surface area contributed by atoms with E-state index >= 15 is 0 Å². The molecule has 6 heteroatoms. The minimum atomic E-state index is -1.17. The maximum Gasteiger partial charge on any atom is 0.344 e. The van der Waals surface area contributed by atoms with Gasteiger partial charge in [-0.2, -0.15) is 0 Å². The first kappa shape index (κ1) is 14.7. The van der Waals surface area contributed by atoms with Crippen LogP contribution in [-0.4, -0.2) is 30.3 Å². The molecule has 19 heavy (non-hydrogen) atoms. The summed E-state index contributed by atoms with van der Waals surface area (Å²) in [6.45, 7) is 1.40. The van der Waals surface area contributed by atoms with Crippen molar-refractivity contribution in [3.63, 3.8) is 0 Å². The molecule has 0 amide bonds. The van der Waals surface area contributed by atoms with Gasteiger partial charge in [0.15, 0.2) is 18.2 Å². The van der Waals surface area contributed by atoms with Gasteiger partial charge in [-0.3, -0.25) is 0 Å². The van der Waals surface area contributed by atoms with Crippen molar-refractivity contribution < 1.29 is 28.6 Å². The van der Waals surface area contributed by atoms with Crippen molar-refractivity contribution in [2.45, 2.75) is 6.92 Å². The van der Waals surface area contributed by atoms with E-state index in [1.807, 2.05) is 0 Å². The lowest BCUT2D eigenvalue weighted by atomic mass is 10.2. The third-order valence-electron chi connectivity index (χ3n) is 2.04. The topological polar surface area (TPSA) is 72.8 Å². The number of ether oxygens (including phenoxy) is 2. The van der Waals surface area contributed by atoms with Gasteiger partial charge < -0.3 is 14.6 Å². The van der Waals surface area contributed by atoms with Crippen LogP contribution in [0, 0.1) is 5.82 Å². The van der Waals surface area contributed by atoms with Gasteiger partial charge in [-0.05, 0) is 19.1 Å². The molecule has 0 aliphatic carbocycles. The highest BCUT2D eigenvalue weighted by Gasteiger charge is 2.11. The van der Waals surface area contributed by atoms with Crippen LogP contribution in [0.2, 0.25) is 0 Å². The number of carbonyl (C=O) groups is 2. The quantitative estimate of drug-likeness (QED) is 0.629. The molecule has 102 valence electrons. The van der Waals surface area contributed by atoms with E-state index in [0.717, 1.165) is 12.1 Å². The summed E-state index contributed by atoms with van der Waals surface area (Å²) in [5.41, 5.74) is 0.228. The molecule has 1 aromatic carbocycles. The first-order chi connectivity index (χ1) is 9.04. The third kappa shape index (κ3) is 4.79. The number of hydrogen-bond donors (Lipinski definition) is 1. The fourth-order valence-corrected chi connectivity index (χ4v) is 1.30. The number of esters is 1. The lowest BCUT2D eigenvalue weighted by Crippen LogP contribution is -2.15. The summed E-state index contributed by atoms with van der Waals surface area (Å²) >= 11 is 0. The summed E-state index contributed by atoms with van der Waals surface area (Å²) in [5, 5.41) is 8.53. The summed E-state index contributed by atoms with van der Waals surface area (Å²) in [5.74, 6) is -2.66. The molecule has 0 aliphatic heterocycles. The molecule has 0 unspecified atom stereocenters. The zero-order chi connectivity index (χ0) is 14.3. The molecule has 0 aliphatic rings. The van der Waals surface area contributed by atoms with Crippen LogP contribution in [-0.2, 0) is 14.3 Å². The molecule has 1 aromatic rings. The molecular weight excluding hydrogens is 255 g/mol. The molecule has 0 saturated carbocycles. The fraction of sp³-hybridized carbons (Fsp3) is 0.231. The lowest BCUT2D eigenvalue weighted by molar-refractivity contribution is -0.145. The molecule has 1 rings (SSSR count). The summed E-state index contributed by atoms with van der Waals surface area (Å²) in [7, 11) is 0. The zero-order valence-corrected chi connectivity index (χ0v) is 10.3. The van der Waals surface area contributed by atoms with Gasteiger partial charge in [0.05, 0.1) is 6.61 Å². The normalized spacial score (nSPS) is 10.4. The van der Waals surface area contributed by atoms with Crippen molar-refractivity contribution in [1.29, 1.82) is 0 Å². The van der Waals surface area contributed by atoms with E-state index in [0.29, 0.717) is 0 Å². The Morgan fingerprint density at radius 2 is 2.16 bits per heavy atom. The van der Waals surface area contributed by atoms with Gasteiger partial charge in [-0.1, -0.05) is 12.1 Å². The van der Waals surface area contributed by atoms with E-state index in [4.69, 9.17) is 9.84 Å². The van der Waals surface area contributed by atoms with Gasteiger partial charge in [0.25, 0.3) is 0 Å². The summed E-state index contributed by atoms with van der Waals surface area (Å²) < 4.78 is 23.2. The highest BCUT2D eigenvalue weighted by molar-refractivity contribution is 5.86. The molecule has 1 N–H and O–H groups in total. The van der Waals surface area contributed by atoms with Crippen LogP contribution >= 0.6 is 0 Å². The Kier molecular flexibility index (Phi) is 5.53. The smallest absolute Gasteiger partial charge is 0.344 e. The number of carbonyl (C=O) groups excluding carboxylic acids is 1. The molecule has 0 fully saturated rings. The Balaban J connectivity index is 2.86. The van der Waals surface area contributed by atoms with Crippen LogP contribution in [0.4, 0.5) is 4.39 Å². The van der Waals surface area contributed by atoms with E-state index in [1.165, 1.54) is 18.2 Å². The first-order valence-corrected chi connectivity index (χ1v) is 5.52. The van der Waals surface area contributed by atoms with Crippen molar-refractivity contribution in [2.24, 2.45) is 0 Å². The van der Waals surface area contributed by atoms with Gasteiger partial charge in [0, 0.05) is 11.6 Å². The number of hydrogen-bond acceptors (Lipinski definition) is 4. The molecule has 0 heterocycles. The molecule has 5 nitrogen and oxygen atoms in total. The Labute approximate surface area is 109 Å². The molecule has 0 spiro atoms. The Morgan fingerprint density at radius 3 is 2.79 bits per heavy atom. The van der Waals surface area contributed by atoms with Crippen LogP contribution in [0.5, 0.6) is 5.75 Å². The maximum absolute atomic E-state index is 13.6. The standard InChI is InChI=1S/C13H13FO5/c1-2-18-12(17)8-19-13-9(6-7-11(15)16)4-3-5-10(13)14/h3-7H,2,8H2,1H3,(H,15,16)/b7-6+. The highest BCUT2D eigenvalue weighted by atomic mass is 19.1. The molecule has 0 bridgehead atoms. The fourth-order valence-electron chi connectivity index (χ4n) is 1.30. The average molecular weight is 268 g/mol. The van der Waals surface area contributed by atoms with E-state index in [2.05, 4.69) is 4.74 Å². The number of aliphatic carboxylic acids is 1. The van der Waals surface area contributed by atoms with Gasteiger partial charge in [0.1, 0.15) is 0 Å². The van der Waals surface area contributed by atoms with Crippen LogP contribution in [0.1, 0.15) is 12.5 Å². The van der Waals surface area contributed by atoms with Gasteiger partial charge in [-0.15, -0.1) is 0 Å². The van der Waals surface area contributed by atoms with Crippen LogP contribution in [0.15, 0.2) is 24.3 Å². The zero-order valence-electron chi connectivity index (χ0n) is 10.3. The van der Waals surface area contributed by atoms with E-state index < -0.39 is 24.4 Å². The van der Waals surface area contributed by atoms with Gasteiger partial charge in [0.2, 0.25) is 0 Å². The average Bonchev–Trinajstić information content (AvgIpc) is 2.35. The number of benzene rings is 1. The molecule has 0 saturated heterocycles. The van der Waals surface area contributed by atoms with E-state index in [-0.39, 0.29) is 17.9 Å². The molecule has 0 radical (unpaired) electrons. The number of para-hydroxylation sites is 1. The van der Waals surface area contributed by atoms with Gasteiger partial charge >= 0.3 is 11.9 Å². The minimum Gasteiger partial charge on any atom is -0.478 e. The second-order valence-corrected chi connectivity index (χ2v) is 3.42. The summed E-state index contributed by atoms with van der Waals surface area (Å²) in [4.78, 5) is 21.5. The minimum absolute atomic E-state index is 0.187. The highest BCUT2D eigenvalue weighted by Crippen LogP contribution is 2.24. The second-order valence-electron chi connectivity index (χ2n) is 3.42. The van der Waals surface area contributed by atoms with Crippen molar-refractivity contribution in [3.05, 3.63) is 35.7 Å². The first-order valence-electron chi connectivity index (χ1n) is 5.52. The van der Waals surface area contributed by atoms with Crippen LogP contribution < -0.4 is 4.74 Å². The summed E-state index contributed by atoms with van der Waals surface area (Å²) in [6, 6.07) is 4.04. The van der Waals surface area contributed by atoms with E-state index in [9.17, 15) is 14.0 Å². The largest absolute Gasteiger partial charge is 0.478 e. The Morgan fingerprint density at radius 1 is 1.42 bits per heavy atom. The van der Waals surface area contributed by atoms with Gasteiger partial charge in [-0.25, -0.2) is 14.0 Å². The SMILES string of the molecule is CCOC(=O)COc1c(F)cccc1/C=C/C(=O)O. The second kappa shape index (κ2) is 7.15. The van der Waals surface area contributed by atoms with Crippen LogP contribution in [0.25, 0.3) is 6.08 Å². The predicted molar refractivity (Wildman–Crippen MR) is 65.2 cm³/mol. The third-order valence-corrected chi connectivity index (χ3v) is 2.04. The lowest BCUT2D eigenvalue weighted by Gasteiger charge is -2.09. The number of carboxylic acids is 1. The van der Waals surface area contributed by atoms with Crippen molar-refractivity contribution >= 4 is 18.0 Å². The van der Waals surface area contributed by atoms with Crippen molar-refractivity contribution in [3.8, 4) is 5.75 Å². The molecular formula is C13H13FO5. The summed E-state index contributed by atoms with van der Waals surface area (Å²) in [6.07, 6.45) is 2.04. The van der Waals surface area contributed by atoms with Crippen molar-refractivity contribution in [1.82, 2.24) is 0 Å². The maximum atomic E-state index is 13.6. The van der Waals surface area contributed by atoms with Crippen molar-refractivity contribution in [2.75, 3.05) is 13.2 Å². The Hall–Kier alpha value is -2.37. The van der Waals surface area contributed by atoms with E-state index in [1.54, 1.807) is 6.92 Å². The van der Waals surface area contributed by atoms with Crippen LogP contribution in [0.3, 0.4) is 0 Å². The number of rotatable bonds is 6.